The number of carboxylic acids is 1. The van der Waals surface area contributed by atoms with Crippen LogP contribution in [0.1, 0.15) is 23.2 Å². The summed E-state index contributed by atoms with van der Waals surface area (Å²) in [6.45, 7) is 0.288. The van der Waals surface area contributed by atoms with Crippen molar-refractivity contribution >= 4 is 29.2 Å². The van der Waals surface area contributed by atoms with E-state index >= 15 is 0 Å². The van der Waals surface area contributed by atoms with Crippen LogP contribution in [0.25, 0.3) is 0 Å². The fraction of sp³-hybridized carbons (Fsp3) is 0.200. The van der Waals surface area contributed by atoms with E-state index < -0.39 is 5.97 Å². The van der Waals surface area contributed by atoms with Crippen molar-refractivity contribution in [1.82, 2.24) is 0 Å². The SMILES string of the molecule is O=C(O)CCCN(C(=O)c1ccoc1Cl)c1ccccc1. The molecule has 0 bridgehead atoms. The first-order chi connectivity index (χ1) is 10.1. The molecule has 0 atom stereocenters. The summed E-state index contributed by atoms with van der Waals surface area (Å²) in [6, 6.07) is 10.5. The van der Waals surface area contributed by atoms with Gasteiger partial charge in [-0.15, -0.1) is 0 Å². The summed E-state index contributed by atoms with van der Waals surface area (Å²) in [7, 11) is 0. The molecule has 0 unspecified atom stereocenters. The predicted molar refractivity (Wildman–Crippen MR) is 78.7 cm³/mol. The lowest BCUT2D eigenvalue weighted by molar-refractivity contribution is -0.137. The molecule has 1 amide bonds. The normalized spacial score (nSPS) is 10.3. The van der Waals surface area contributed by atoms with E-state index in [0.717, 1.165) is 0 Å². The number of aliphatic carboxylic acids is 1. The summed E-state index contributed by atoms with van der Waals surface area (Å²) in [5.41, 5.74) is 0.945. The Kier molecular flexibility index (Phi) is 5.00. The molecule has 21 heavy (non-hydrogen) atoms. The lowest BCUT2D eigenvalue weighted by atomic mass is 10.2. The molecule has 1 N–H and O–H groups in total. The number of carbonyl (C=O) groups excluding carboxylic acids is 1. The molecule has 2 rings (SSSR count). The average Bonchev–Trinajstić information content (AvgIpc) is 2.90. The van der Waals surface area contributed by atoms with Crippen molar-refractivity contribution in [3.05, 3.63) is 53.4 Å². The highest BCUT2D eigenvalue weighted by molar-refractivity contribution is 6.32. The lowest BCUT2D eigenvalue weighted by Crippen LogP contribution is -2.32. The van der Waals surface area contributed by atoms with Crippen LogP contribution in [0.3, 0.4) is 0 Å². The fourth-order valence-electron chi connectivity index (χ4n) is 1.94. The Bertz CT molecular complexity index is 624. The maximum absolute atomic E-state index is 12.5. The summed E-state index contributed by atoms with van der Waals surface area (Å²) >= 11 is 5.84. The predicted octanol–water partition coefficient (Wildman–Crippen LogP) is 3.44. The van der Waals surface area contributed by atoms with Crippen LogP contribution in [-0.2, 0) is 4.79 Å². The maximum atomic E-state index is 12.5. The first-order valence-corrected chi connectivity index (χ1v) is 6.79. The minimum atomic E-state index is -0.892. The molecule has 1 aromatic carbocycles. The number of para-hydroxylation sites is 1. The molecule has 0 spiro atoms. The van der Waals surface area contributed by atoms with Gasteiger partial charge in [0.05, 0.1) is 11.8 Å². The molecule has 0 aliphatic rings. The largest absolute Gasteiger partial charge is 0.481 e. The summed E-state index contributed by atoms with van der Waals surface area (Å²) in [5.74, 6) is -1.21. The van der Waals surface area contributed by atoms with E-state index in [2.05, 4.69) is 0 Å². The van der Waals surface area contributed by atoms with Gasteiger partial charge in [-0.3, -0.25) is 9.59 Å². The molecule has 1 heterocycles. The van der Waals surface area contributed by atoms with E-state index in [1.165, 1.54) is 17.2 Å². The van der Waals surface area contributed by atoms with Crippen molar-refractivity contribution in [3.63, 3.8) is 0 Å². The highest BCUT2D eigenvalue weighted by Crippen LogP contribution is 2.23. The van der Waals surface area contributed by atoms with Gasteiger partial charge in [0.1, 0.15) is 0 Å². The third-order valence-electron chi connectivity index (χ3n) is 2.93. The summed E-state index contributed by atoms with van der Waals surface area (Å²) in [4.78, 5) is 24.7. The van der Waals surface area contributed by atoms with Crippen molar-refractivity contribution < 1.29 is 19.1 Å². The Hall–Kier alpha value is -2.27. The van der Waals surface area contributed by atoms with Crippen LogP contribution in [0.15, 0.2) is 47.1 Å². The Labute approximate surface area is 126 Å². The molecule has 0 saturated heterocycles. The number of halogens is 1. The molecule has 110 valence electrons. The van der Waals surface area contributed by atoms with Crippen molar-refractivity contribution in [3.8, 4) is 0 Å². The second kappa shape index (κ2) is 6.95. The van der Waals surface area contributed by atoms with Gasteiger partial charge < -0.3 is 14.4 Å². The molecule has 0 radical (unpaired) electrons. The number of anilines is 1. The Morgan fingerprint density at radius 2 is 1.90 bits per heavy atom. The summed E-state index contributed by atoms with van der Waals surface area (Å²) < 4.78 is 4.94. The third-order valence-corrected chi connectivity index (χ3v) is 3.23. The zero-order valence-electron chi connectivity index (χ0n) is 11.2. The van der Waals surface area contributed by atoms with Crippen molar-refractivity contribution in [2.75, 3.05) is 11.4 Å². The van der Waals surface area contributed by atoms with E-state index in [0.29, 0.717) is 12.1 Å². The standard InChI is InChI=1S/C15H14ClNO4/c16-14-12(8-10-21-14)15(20)17(9-4-7-13(18)19)11-5-2-1-3-6-11/h1-3,5-6,8,10H,4,7,9H2,(H,18,19). The van der Waals surface area contributed by atoms with Crippen LogP contribution in [0.5, 0.6) is 0 Å². The van der Waals surface area contributed by atoms with E-state index in [-0.39, 0.29) is 29.7 Å². The van der Waals surface area contributed by atoms with E-state index in [1.54, 1.807) is 12.1 Å². The third kappa shape index (κ3) is 3.86. The number of rotatable bonds is 6. The van der Waals surface area contributed by atoms with Gasteiger partial charge in [-0.2, -0.15) is 0 Å². The monoisotopic (exact) mass is 307 g/mol. The van der Waals surface area contributed by atoms with Gasteiger partial charge in [0.25, 0.3) is 5.91 Å². The number of furan rings is 1. The number of benzene rings is 1. The zero-order chi connectivity index (χ0) is 15.2. The molecule has 0 aliphatic carbocycles. The van der Waals surface area contributed by atoms with Gasteiger partial charge in [-0.05, 0) is 36.2 Å². The zero-order valence-corrected chi connectivity index (χ0v) is 11.9. The van der Waals surface area contributed by atoms with E-state index in [4.69, 9.17) is 21.1 Å². The van der Waals surface area contributed by atoms with Gasteiger partial charge in [0, 0.05) is 18.7 Å². The second-order valence-electron chi connectivity index (χ2n) is 4.40. The molecule has 6 heteroatoms. The van der Waals surface area contributed by atoms with Crippen LogP contribution in [-0.4, -0.2) is 23.5 Å². The van der Waals surface area contributed by atoms with Gasteiger partial charge in [0.15, 0.2) is 0 Å². The number of nitrogens with zero attached hydrogens (tertiary/aromatic N) is 1. The highest BCUT2D eigenvalue weighted by Gasteiger charge is 2.21. The smallest absolute Gasteiger partial charge is 0.303 e. The molecule has 1 aromatic heterocycles. The van der Waals surface area contributed by atoms with E-state index in [1.807, 2.05) is 18.2 Å². The number of carbonyl (C=O) groups is 2. The van der Waals surface area contributed by atoms with Gasteiger partial charge in [-0.25, -0.2) is 0 Å². The Balaban J connectivity index is 2.21. The second-order valence-corrected chi connectivity index (χ2v) is 4.74. The van der Waals surface area contributed by atoms with Crippen LogP contribution in [0.2, 0.25) is 5.22 Å². The van der Waals surface area contributed by atoms with Gasteiger partial charge in [0.2, 0.25) is 5.22 Å². The molecule has 0 fully saturated rings. The molecular formula is C15H14ClNO4. The minimum Gasteiger partial charge on any atom is -0.481 e. The first-order valence-electron chi connectivity index (χ1n) is 6.41. The summed E-state index contributed by atoms with van der Waals surface area (Å²) in [5, 5.41) is 8.75. The number of hydrogen-bond acceptors (Lipinski definition) is 3. The summed E-state index contributed by atoms with van der Waals surface area (Å²) in [6.07, 6.45) is 1.69. The first kappa shape index (κ1) is 15.1. The van der Waals surface area contributed by atoms with Crippen LogP contribution >= 0.6 is 11.6 Å². The van der Waals surface area contributed by atoms with Crippen LogP contribution in [0, 0.1) is 0 Å². The Morgan fingerprint density at radius 3 is 2.48 bits per heavy atom. The molecule has 0 aliphatic heterocycles. The quantitative estimate of drug-likeness (QED) is 0.887. The van der Waals surface area contributed by atoms with Gasteiger partial charge >= 0.3 is 5.97 Å². The van der Waals surface area contributed by atoms with Crippen LogP contribution in [0.4, 0.5) is 5.69 Å². The lowest BCUT2D eigenvalue weighted by Gasteiger charge is -2.22. The van der Waals surface area contributed by atoms with Crippen molar-refractivity contribution in [2.45, 2.75) is 12.8 Å². The molecule has 2 aromatic rings. The highest BCUT2D eigenvalue weighted by atomic mass is 35.5. The van der Waals surface area contributed by atoms with Crippen LogP contribution < -0.4 is 4.90 Å². The fourth-order valence-corrected chi connectivity index (χ4v) is 2.13. The van der Waals surface area contributed by atoms with Crippen molar-refractivity contribution in [2.24, 2.45) is 0 Å². The molecule has 0 saturated carbocycles. The van der Waals surface area contributed by atoms with E-state index in [9.17, 15) is 9.59 Å². The topological polar surface area (TPSA) is 70.8 Å². The number of hydrogen-bond donors (Lipinski definition) is 1. The average molecular weight is 308 g/mol. The van der Waals surface area contributed by atoms with Gasteiger partial charge in [-0.1, -0.05) is 18.2 Å². The number of amides is 1. The number of carboxylic acid groups (broad SMARTS) is 1. The van der Waals surface area contributed by atoms with Crippen molar-refractivity contribution in [1.29, 1.82) is 0 Å². The Morgan fingerprint density at radius 1 is 1.19 bits per heavy atom. The maximum Gasteiger partial charge on any atom is 0.303 e. The molecular weight excluding hydrogens is 294 g/mol. The molecule has 5 nitrogen and oxygen atoms in total. The minimum absolute atomic E-state index is 0.00423.